The summed E-state index contributed by atoms with van der Waals surface area (Å²) in [5, 5.41) is 19.6. The standard InChI is InChI=1S/C14H15BCl2O5/c1-2-3-8(18)4-7-5-9-12(17)11(16)6-10(14(19)20)13(9)22-15(7)21/h6-7,21H,2-5H2,1H3,(H,19,20)/t7-/m0/s1. The molecule has 0 spiro atoms. The molecule has 2 rings (SSSR count). The first-order chi connectivity index (χ1) is 10.3. The van der Waals surface area contributed by atoms with E-state index in [-0.39, 0.29) is 40.0 Å². The van der Waals surface area contributed by atoms with Crippen LogP contribution in [0.25, 0.3) is 0 Å². The minimum atomic E-state index is -1.25. The molecule has 1 atom stereocenters. The molecule has 0 fully saturated rings. The lowest BCUT2D eigenvalue weighted by atomic mass is 9.64. The third-order valence-corrected chi connectivity index (χ3v) is 4.45. The Balaban J connectivity index is 2.36. The number of halogens is 2. The monoisotopic (exact) mass is 344 g/mol. The third-order valence-electron chi connectivity index (χ3n) is 3.62. The number of ketones is 1. The smallest absolute Gasteiger partial charge is 0.526 e. The summed E-state index contributed by atoms with van der Waals surface area (Å²) in [5.41, 5.74) is 0.271. The van der Waals surface area contributed by atoms with Gasteiger partial charge in [0.1, 0.15) is 17.1 Å². The van der Waals surface area contributed by atoms with Crippen molar-refractivity contribution in [2.75, 3.05) is 0 Å². The van der Waals surface area contributed by atoms with Crippen LogP contribution in [0, 0.1) is 0 Å². The summed E-state index contributed by atoms with van der Waals surface area (Å²) in [6.45, 7) is 1.90. The fourth-order valence-corrected chi connectivity index (χ4v) is 3.00. The molecule has 0 bridgehead atoms. The molecule has 0 unspecified atom stereocenters. The predicted molar refractivity (Wildman–Crippen MR) is 84.0 cm³/mol. The van der Waals surface area contributed by atoms with Gasteiger partial charge < -0.3 is 14.8 Å². The van der Waals surface area contributed by atoms with Gasteiger partial charge >= 0.3 is 13.1 Å². The molecular weight excluding hydrogens is 330 g/mol. The van der Waals surface area contributed by atoms with Crippen molar-refractivity contribution in [2.24, 2.45) is 0 Å². The highest BCUT2D eigenvalue weighted by Crippen LogP contribution is 2.43. The second kappa shape index (κ2) is 6.90. The fourth-order valence-electron chi connectivity index (χ4n) is 2.56. The number of carboxylic acid groups (broad SMARTS) is 1. The number of carbonyl (C=O) groups is 2. The average molecular weight is 345 g/mol. The van der Waals surface area contributed by atoms with Crippen molar-refractivity contribution in [3.8, 4) is 5.75 Å². The van der Waals surface area contributed by atoms with Crippen molar-refractivity contribution in [3.63, 3.8) is 0 Å². The van der Waals surface area contributed by atoms with Gasteiger partial charge in [0, 0.05) is 24.2 Å². The number of hydrogen-bond acceptors (Lipinski definition) is 4. The number of carbonyl (C=O) groups excluding carboxylic acids is 1. The van der Waals surface area contributed by atoms with E-state index in [2.05, 4.69) is 0 Å². The first-order valence-electron chi connectivity index (χ1n) is 6.95. The van der Waals surface area contributed by atoms with Crippen molar-refractivity contribution in [3.05, 3.63) is 27.2 Å². The van der Waals surface area contributed by atoms with Crippen LogP contribution in [0.3, 0.4) is 0 Å². The Morgan fingerprint density at radius 3 is 2.73 bits per heavy atom. The van der Waals surface area contributed by atoms with Gasteiger partial charge in [-0.2, -0.15) is 0 Å². The highest BCUT2D eigenvalue weighted by Gasteiger charge is 2.39. The van der Waals surface area contributed by atoms with Gasteiger partial charge in [-0.15, -0.1) is 0 Å². The molecule has 1 aromatic carbocycles. The van der Waals surface area contributed by atoms with Crippen LogP contribution in [-0.4, -0.2) is 29.0 Å². The van der Waals surface area contributed by atoms with Crippen LogP contribution >= 0.6 is 23.2 Å². The Labute approximate surface area is 138 Å². The number of aromatic carboxylic acids is 1. The zero-order valence-electron chi connectivity index (χ0n) is 11.9. The van der Waals surface area contributed by atoms with Crippen LogP contribution in [0.15, 0.2) is 6.07 Å². The molecule has 0 aromatic heterocycles. The normalized spacial score (nSPS) is 16.9. The van der Waals surface area contributed by atoms with Crippen LogP contribution in [0.5, 0.6) is 5.75 Å². The van der Waals surface area contributed by atoms with Gasteiger partial charge in [0.25, 0.3) is 0 Å². The molecule has 118 valence electrons. The Bertz CT molecular complexity index is 620. The number of benzene rings is 1. The minimum absolute atomic E-state index is 0.0218. The second-order valence-corrected chi connectivity index (χ2v) is 6.08. The summed E-state index contributed by atoms with van der Waals surface area (Å²) in [7, 11) is -1.25. The van der Waals surface area contributed by atoms with Gasteiger partial charge in [-0.25, -0.2) is 4.79 Å². The number of hydrogen-bond donors (Lipinski definition) is 2. The Kier molecular flexibility index (Phi) is 5.37. The van der Waals surface area contributed by atoms with Crippen molar-refractivity contribution in [1.29, 1.82) is 0 Å². The van der Waals surface area contributed by atoms with E-state index in [9.17, 15) is 19.7 Å². The van der Waals surface area contributed by atoms with E-state index >= 15 is 0 Å². The van der Waals surface area contributed by atoms with Gasteiger partial charge in [-0.1, -0.05) is 30.1 Å². The molecule has 8 heteroatoms. The largest absolute Gasteiger partial charge is 0.535 e. The van der Waals surface area contributed by atoms with Crippen molar-refractivity contribution >= 4 is 42.1 Å². The van der Waals surface area contributed by atoms with E-state index in [4.69, 9.17) is 27.9 Å². The molecule has 0 saturated carbocycles. The zero-order chi connectivity index (χ0) is 16.4. The molecule has 1 aliphatic rings. The van der Waals surface area contributed by atoms with Gasteiger partial charge in [0.05, 0.1) is 10.0 Å². The molecular formula is C14H15BCl2O5. The molecule has 22 heavy (non-hydrogen) atoms. The topological polar surface area (TPSA) is 83.8 Å². The number of rotatable bonds is 5. The van der Waals surface area contributed by atoms with E-state index in [0.717, 1.165) is 6.42 Å². The fraction of sp³-hybridized carbons (Fsp3) is 0.429. The molecule has 5 nitrogen and oxygen atoms in total. The molecule has 1 aliphatic heterocycles. The lowest BCUT2D eigenvalue weighted by molar-refractivity contribution is -0.119. The molecule has 1 heterocycles. The quantitative estimate of drug-likeness (QED) is 0.801. The van der Waals surface area contributed by atoms with E-state index in [1.165, 1.54) is 6.07 Å². The number of Topliss-reactive ketones (excluding diaryl/α,β-unsaturated/α-hetero) is 1. The van der Waals surface area contributed by atoms with Gasteiger partial charge in [0.15, 0.2) is 0 Å². The van der Waals surface area contributed by atoms with Gasteiger partial charge in [-0.05, 0) is 18.9 Å². The van der Waals surface area contributed by atoms with Crippen LogP contribution in [0.1, 0.15) is 42.1 Å². The molecule has 1 aromatic rings. The SMILES string of the molecule is CCCC(=O)C[C@H]1Cc2c(Cl)c(Cl)cc(C(=O)O)c2OB1O. The summed E-state index contributed by atoms with van der Waals surface area (Å²) >= 11 is 12.1. The summed E-state index contributed by atoms with van der Waals surface area (Å²) in [5.74, 6) is -1.64. The Morgan fingerprint density at radius 1 is 1.45 bits per heavy atom. The molecule has 0 saturated heterocycles. The minimum Gasteiger partial charge on any atom is -0.535 e. The van der Waals surface area contributed by atoms with Crippen LogP contribution in [0.2, 0.25) is 15.9 Å². The summed E-state index contributed by atoms with van der Waals surface area (Å²) in [6, 6.07) is 1.19. The summed E-state index contributed by atoms with van der Waals surface area (Å²) < 4.78 is 5.33. The maximum absolute atomic E-state index is 11.8. The van der Waals surface area contributed by atoms with E-state index in [1.54, 1.807) is 0 Å². The zero-order valence-corrected chi connectivity index (χ0v) is 13.4. The van der Waals surface area contributed by atoms with Crippen molar-refractivity contribution < 1.29 is 24.4 Å². The first-order valence-corrected chi connectivity index (χ1v) is 7.71. The predicted octanol–water partition coefficient (Wildman–Crippen LogP) is 3.24. The Morgan fingerprint density at radius 2 is 2.14 bits per heavy atom. The lowest BCUT2D eigenvalue weighted by Crippen LogP contribution is -2.36. The highest BCUT2D eigenvalue weighted by molar-refractivity contribution is 6.48. The van der Waals surface area contributed by atoms with E-state index < -0.39 is 18.9 Å². The van der Waals surface area contributed by atoms with Crippen LogP contribution in [-0.2, 0) is 11.2 Å². The highest BCUT2D eigenvalue weighted by atomic mass is 35.5. The van der Waals surface area contributed by atoms with Crippen molar-refractivity contribution in [2.45, 2.75) is 38.4 Å². The van der Waals surface area contributed by atoms with Crippen LogP contribution in [0.4, 0.5) is 0 Å². The second-order valence-electron chi connectivity index (χ2n) is 5.30. The number of fused-ring (bicyclic) bond motifs is 1. The van der Waals surface area contributed by atoms with E-state index in [1.807, 2.05) is 6.92 Å². The van der Waals surface area contributed by atoms with Gasteiger partial charge in [-0.3, -0.25) is 4.79 Å². The van der Waals surface area contributed by atoms with Crippen molar-refractivity contribution in [1.82, 2.24) is 0 Å². The maximum Gasteiger partial charge on any atom is 0.526 e. The van der Waals surface area contributed by atoms with E-state index in [0.29, 0.717) is 12.0 Å². The molecule has 2 N–H and O–H groups in total. The maximum atomic E-state index is 11.8. The Hall–Kier alpha value is -1.24. The number of carboxylic acids is 1. The lowest BCUT2D eigenvalue weighted by Gasteiger charge is -2.29. The average Bonchev–Trinajstić information content (AvgIpc) is 2.44. The third kappa shape index (κ3) is 3.40. The molecule has 0 radical (unpaired) electrons. The van der Waals surface area contributed by atoms with Gasteiger partial charge in [0.2, 0.25) is 0 Å². The summed E-state index contributed by atoms with van der Waals surface area (Å²) in [6.07, 6.45) is 1.56. The summed E-state index contributed by atoms with van der Waals surface area (Å²) in [4.78, 5) is 23.0. The molecule has 0 aliphatic carbocycles. The molecule has 0 amide bonds. The first kappa shape index (κ1) is 17.1. The van der Waals surface area contributed by atoms with Crippen LogP contribution < -0.4 is 4.65 Å².